The van der Waals surface area contributed by atoms with Gasteiger partial charge in [-0.25, -0.2) is 4.39 Å². The Labute approximate surface area is 123 Å². The monoisotopic (exact) mass is 290 g/mol. The predicted molar refractivity (Wildman–Crippen MR) is 81.5 cm³/mol. The molecule has 1 aromatic heterocycles. The molecule has 2 aromatic rings. The lowest BCUT2D eigenvalue weighted by atomic mass is 10.1. The van der Waals surface area contributed by atoms with Gasteiger partial charge in [-0.3, -0.25) is 4.98 Å². The Morgan fingerprint density at radius 3 is 2.65 bits per heavy atom. The molecular formula is C16H19FN2S. The van der Waals surface area contributed by atoms with Crippen molar-refractivity contribution in [1.82, 2.24) is 10.3 Å². The summed E-state index contributed by atoms with van der Waals surface area (Å²) in [6, 6.07) is 11.0. The summed E-state index contributed by atoms with van der Waals surface area (Å²) in [6.45, 7) is 5.17. The van der Waals surface area contributed by atoms with Crippen LogP contribution in [0, 0.1) is 5.82 Å². The van der Waals surface area contributed by atoms with E-state index in [0.29, 0.717) is 6.04 Å². The minimum Gasteiger partial charge on any atom is -0.309 e. The topological polar surface area (TPSA) is 24.9 Å². The van der Waals surface area contributed by atoms with Gasteiger partial charge in [0.15, 0.2) is 0 Å². The molecular weight excluding hydrogens is 271 g/mol. The van der Waals surface area contributed by atoms with Gasteiger partial charge >= 0.3 is 0 Å². The van der Waals surface area contributed by atoms with Gasteiger partial charge in [-0.05, 0) is 43.3 Å². The third-order valence-electron chi connectivity index (χ3n) is 3.01. The molecule has 20 heavy (non-hydrogen) atoms. The quantitative estimate of drug-likeness (QED) is 0.851. The van der Waals surface area contributed by atoms with E-state index in [-0.39, 0.29) is 5.82 Å². The largest absolute Gasteiger partial charge is 0.309 e. The molecule has 0 aliphatic heterocycles. The summed E-state index contributed by atoms with van der Waals surface area (Å²) in [5.41, 5.74) is 1.05. The van der Waals surface area contributed by atoms with E-state index in [0.717, 1.165) is 28.5 Å². The highest BCUT2D eigenvalue weighted by molar-refractivity contribution is 7.99. The average Bonchev–Trinajstić information content (AvgIpc) is 2.46. The van der Waals surface area contributed by atoms with Crippen LogP contribution in [0.5, 0.6) is 0 Å². The Morgan fingerprint density at radius 1 is 1.20 bits per heavy atom. The number of halogens is 1. The highest BCUT2D eigenvalue weighted by Gasteiger charge is 2.09. The fraction of sp³-hybridized carbons (Fsp3) is 0.312. The lowest BCUT2D eigenvalue weighted by Gasteiger charge is -2.15. The first-order chi connectivity index (χ1) is 9.72. The molecule has 0 bridgehead atoms. The van der Waals surface area contributed by atoms with Gasteiger partial charge in [0.25, 0.3) is 0 Å². The Kier molecular flexibility index (Phi) is 5.56. The first-order valence-electron chi connectivity index (χ1n) is 6.85. The molecule has 1 heterocycles. The van der Waals surface area contributed by atoms with Crippen LogP contribution in [-0.4, -0.2) is 11.5 Å². The van der Waals surface area contributed by atoms with Gasteiger partial charge in [0.1, 0.15) is 5.82 Å². The van der Waals surface area contributed by atoms with Gasteiger partial charge in [-0.2, -0.15) is 0 Å². The molecule has 1 N–H and O–H groups in total. The maximum Gasteiger partial charge on any atom is 0.124 e. The van der Waals surface area contributed by atoms with Crippen LogP contribution < -0.4 is 5.32 Å². The molecule has 2 rings (SSSR count). The number of nitrogens with one attached hydrogen (secondary N) is 1. The molecule has 2 nitrogen and oxygen atoms in total. The Balaban J connectivity index is 2.08. The number of aromatic nitrogens is 1. The minimum atomic E-state index is -0.210. The third-order valence-corrected chi connectivity index (χ3v) is 3.97. The minimum absolute atomic E-state index is 0.210. The molecule has 0 amide bonds. The van der Waals surface area contributed by atoms with Gasteiger partial charge in [0.2, 0.25) is 0 Å². The van der Waals surface area contributed by atoms with Crippen LogP contribution in [0.25, 0.3) is 0 Å². The standard InChI is InChI=1S/C16H19FN2S/c1-3-15(18-4-2)16-9-8-14(11-19-16)20-13-7-5-6-12(17)10-13/h5-11,15,18H,3-4H2,1-2H3. The van der Waals surface area contributed by atoms with Crippen LogP contribution in [0.4, 0.5) is 4.39 Å². The van der Waals surface area contributed by atoms with Crippen molar-refractivity contribution in [3.8, 4) is 0 Å². The van der Waals surface area contributed by atoms with E-state index in [2.05, 4.69) is 24.1 Å². The third kappa shape index (κ3) is 4.05. The summed E-state index contributed by atoms with van der Waals surface area (Å²) in [5.74, 6) is -0.210. The van der Waals surface area contributed by atoms with Crippen molar-refractivity contribution in [2.45, 2.75) is 36.1 Å². The second kappa shape index (κ2) is 7.41. The van der Waals surface area contributed by atoms with Crippen LogP contribution >= 0.6 is 11.8 Å². The van der Waals surface area contributed by atoms with Crippen molar-refractivity contribution < 1.29 is 4.39 Å². The zero-order valence-electron chi connectivity index (χ0n) is 11.8. The smallest absolute Gasteiger partial charge is 0.124 e. The summed E-state index contributed by atoms with van der Waals surface area (Å²) >= 11 is 1.52. The average molecular weight is 290 g/mol. The fourth-order valence-electron chi connectivity index (χ4n) is 2.03. The van der Waals surface area contributed by atoms with Crippen molar-refractivity contribution in [2.24, 2.45) is 0 Å². The molecule has 0 spiro atoms. The van der Waals surface area contributed by atoms with Gasteiger partial charge in [0, 0.05) is 22.0 Å². The van der Waals surface area contributed by atoms with Crippen molar-refractivity contribution in [1.29, 1.82) is 0 Å². The van der Waals surface area contributed by atoms with Gasteiger partial charge in [0.05, 0.1) is 5.69 Å². The highest BCUT2D eigenvalue weighted by Crippen LogP contribution is 2.28. The number of nitrogens with zero attached hydrogens (tertiary/aromatic N) is 1. The second-order valence-corrected chi connectivity index (χ2v) is 5.64. The first kappa shape index (κ1) is 15.0. The van der Waals surface area contributed by atoms with Crippen molar-refractivity contribution in [3.63, 3.8) is 0 Å². The molecule has 0 fully saturated rings. The molecule has 0 saturated carbocycles. The van der Waals surface area contributed by atoms with Crippen LogP contribution in [0.3, 0.4) is 0 Å². The van der Waals surface area contributed by atoms with Crippen LogP contribution in [0.2, 0.25) is 0 Å². The molecule has 0 aliphatic rings. The van der Waals surface area contributed by atoms with Crippen molar-refractivity contribution >= 4 is 11.8 Å². The maximum absolute atomic E-state index is 13.1. The number of rotatable bonds is 6. The number of hydrogen-bond acceptors (Lipinski definition) is 3. The molecule has 0 saturated heterocycles. The molecule has 106 valence electrons. The molecule has 1 aromatic carbocycles. The second-order valence-electron chi connectivity index (χ2n) is 4.50. The summed E-state index contributed by atoms with van der Waals surface area (Å²) in [5, 5.41) is 3.41. The van der Waals surface area contributed by atoms with Crippen molar-refractivity contribution in [3.05, 3.63) is 54.1 Å². The Hall–Kier alpha value is -1.39. The predicted octanol–water partition coefficient (Wildman–Crippen LogP) is 4.43. The summed E-state index contributed by atoms with van der Waals surface area (Å²) in [4.78, 5) is 6.42. The van der Waals surface area contributed by atoms with Crippen molar-refractivity contribution in [2.75, 3.05) is 6.54 Å². The fourth-order valence-corrected chi connectivity index (χ4v) is 2.86. The Morgan fingerprint density at radius 2 is 2.05 bits per heavy atom. The summed E-state index contributed by atoms with van der Waals surface area (Å²) < 4.78 is 13.1. The Bertz CT molecular complexity index is 542. The van der Waals surface area contributed by atoms with E-state index in [1.807, 2.05) is 24.4 Å². The highest BCUT2D eigenvalue weighted by atomic mass is 32.2. The number of benzene rings is 1. The van der Waals surface area contributed by atoms with Crippen LogP contribution in [0.1, 0.15) is 32.0 Å². The van der Waals surface area contributed by atoms with E-state index in [9.17, 15) is 4.39 Å². The van der Waals surface area contributed by atoms with E-state index in [4.69, 9.17) is 0 Å². The lowest BCUT2D eigenvalue weighted by Crippen LogP contribution is -2.20. The zero-order valence-corrected chi connectivity index (χ0v) is 12.6. The van der Waals surface area contributed by atoms with Gasteiger partial charge < -0.3 is 5.32 Å². The van der Waals surface area contributed by atoms with E-state index < -0.39 is 0 Å². The molecule has 1 unspecified atom stereocenters. The summed E-state index contributed by atoms with van der Waals surface area (Å²) in [7, 11) is 0. The first-order valence-corrected chi connectivity index (χ1v) is 7.67. The number of pyridine rings is 1. The molecule has 1 atom stereocenters. The lowest BCUT2D eigenvalue weighted by molar-refractivity contribution is 0.524. The maximum atomic E-state index is 13.1. The van der Waals surface area contributed by atoms with Crippen LogP contribution in [0.15, 0.2) is 52.4 Å². The van der Waals surface area contributed by atoms with Crippen LogP contribution in [-0.2, 0) is 0 Å². The zero-order chi connectivity index (χ0) is 14.4. The number of hydrogen-bond donors (Lipinski definition) is 1. The normalized spacial score (nSPS) is 12.3. The van der Waals surface area contributed by atoms with E-state index in [1.165, 1.54) is 23.9 Å². The molecule has 0 aliphatic carbocycles. The van der Waals surface area contributed by atoms with Gasteiger partial charge in [-0.15, -0.1) is 0 Å². The van der Waals surface area contributed by atoms with E-state index in [1.54, 1.807) is 6.07 Å². The van der Waals surface area contributed by atoms with E-state index >= 15 is 0 Å². The molecule has 4 heteroatoms. The summed E-state index contributed by atoms with van der Waals surface area (Å²) in [6.07, 6.45) is 2.86. The molecule has 0 radical (unpaired) electrons. The van der Waals surface area contributed by atoms with Gasteiger partial charge in [-0.1, -0.05) is 31.7 Å². The SMILES string of the molecule is CCNC(CC)c1ccc(Sc2cccc(F)c2)cn1.